The molecular formula is C11H14BrF3N2O. The standard InChI is InChI=1S/C11H14BrF3N2O/c1-3-17-7-8(12)6-9(17)10(18)16(2)5-4-11(13,14)15/h6-7H,3-5H2,1-2H3. The van der Waals surface area contributed by atoms with Crippen LogP contribution in [0.1, 0.15) is 23.8 Å². The molecule has 0 saturated heterocycles. The van der Waals surface area contributed by atoms with E-state index >= 15 is 0 Å². The monoisotopic (exact) mass is 326 g/mol. The van der Waals surface area contributed by atoms with Gasteiger partial charge in [-0.25, -0.2) is 0 Å². The Morgan fingerprint density at radius 1 is 1.50 bits per heavy atom. The Morgan fingerprint density at radius 2 is 2.11 bits per heavy atom. The van der Waals surface area contributed by atoms with Gasteiger partial charge in [0.15, 0.2) is 0 Å². The van der Waals surface area contributed by atoms with Crippen molar-refractivity contribution in [3.8, 4) is 0 Å². The van der Waals surface area contributed by atoms with Gasteiger partial charge >= 0.3 is 6.18 Å². The van der Waals surface area contributed by atoms with Gasteiger partial charge in [-0.2, -0.15) is 13.2 Å². The number of aryl methyl sites for hydroxylation is 1. The summed E-state index contributed by atoms with van der Waals surface area (Å²) in [5.41, 5.74) is 0.383. The molecule has 0 atom stereocenters. The van der Waals surface area contributed by atoms with Crippen LogP contribution in [0, 0.1) is 0 Å². The maximum Gasteiger partial charge on any atom is 0.390 e. The summed E-state index contributed by atoms with van der Waals surface area (Å²) in [7, 11) is 1.37. The number of hydrogen-bond acceptors (Lipinski definition) is 1. The highest BCUT2D eigenvalue weighted by Gasteiger charge is 2.28. The molecule has 0 aliphatic carbocycles. The predicted octanol–water partition coefficient (Wildman–Crippen LogP) is 3.29. The average Bonchev–Trinajstić information content (AvgIpc) is 2.65. The first-order valence-corrected chi connectivity index (χ1v) is 6.21. The Bertz CT molecular complexity index is 428. The number of rotatable bonds is 4. The fourth-order valence-corrected chi connectivity index (χ4v) is 1.97. The molecule has 0 bridgehead atoms. The molecular weight excluding hydrogens is 313 g/mol. The van der Waals surface area contributed by atoms with Crippen molar-refractivity contribution in [2.75, 3.05) is 13.6 Å². The van der Waals surface area contributed by atoms with Gasteiger partial charge in [0, 0.05) is 30.8 Å². The van der Waals surface area contributed by atoms with Gasteiger partial charge in [-0.3, -0.25) is 4.79 Å². The number of carbonyl (C=O) groups excluding carboxylic acids is 1. The zero-order valence-electron chi connectivity index (χ0n) is 10.1. The maximum atomic E-state index is 12.1. The molecule has 3 nitrogen and oxygen atoms in total. The van der Waals surface area contributed by atoms with Gasteiger partial charge in [0.1, 0.15) is 5.69 Å². The molecule has 0 N–H and O–H groups in total. The number of halogens is 4. The van der Waals surface area contributed by atoms with E-state index in [0.717, 1.165) is 9.37 Å². The molecule has 0 aliphatic rings. The Balaban J connectivity index is 2.74. The van der Waals surface area contributed by atoms with Crippen LogP contribution in [0.2, 0.25) is 0 Å². The molecule has 0 unspecified atom stereocenters. The molecule has 1 aromatic heterocycles. The van der Waals surface area contributed by atoms with E-state index in [1.165, 1.54) is 7.05 Å². The van der Waals surface area contributed by atoms with Crippen LogP contribution in [0.4, 0.5) is 13.2 Å². The minimum Gasteiger partial charge on any atom is -0.343 e. The number of amides is 1. The van der Waals surface area contributed by atoms with E-state index in [1.807, 2.05) is 6.92 Å². The van der Waals surface area contributed by atoms with Gasteiger partial charge in [0.25, 0.3) is 5.91 Å². The summed E-state index contributed by atoms with van der Waals surface area (Å²) in [6.07, 6.45) is -3.52. The molecule has 7 heteroatoms. The molecule has 0 radical (unpaired) electrons. The van der Waals surface area contributed by atoms with Crippen molar-refractivity contribution in [2.24, 2.45) is 0 Å². The molecule has 102 valence electrons. The molecule has 0 spiro atoms. The molecule has 1 heterocycles. The molecule has 0 fully saturated rings. The van der Waals surface area contributed by atoms with Crippen LogP contribution >= 0.6 is 15.9 Å². The number of aromatic nitrogens is 1. The van der Waals surface area contributed by atoms with E-state index in [-0.39, 0.29) is 6.54 Å². The molecule has 0 aromatic carbocycles. The predicted molar refractivity (Wildman–Crippen MR) is 65.4 cm³/mol. The highest BCUT2D eigenvalue weighted by molar-refractivity contribution is 9.10. The normalized spacial score (nSPS) is 11.7. The van der Waals surface area contributed by atoms with E-state index in [4.69, 9.17) is 0 Å². The minimum absolute atomic E-state index is 0.338. The van der Waals surface area contributed by atoms with Crippen molar-refractivity contribution >= 4 is 21.8 Å². The van der Waals surface area contributed by atoms with Gasteiger partial charge < -0.3 is 9.47 Å². The zero-order chi connectivity index (χ0) is 13.9. The van der Waals surface area contributed by atoms with Gasteiger partial charge in [0.2, 0.25) is 0 Å². The van der Waals surface area contributed by atoms with E-state index in [2.05, 4.69) is 15.9 Å². The Morgan fingerprint density at radius 3 is 2.61 bits per heavy atom. The second kappa shape index (κ2) is 5.77. The third kappa shape index (κ3) is 4.04. The number of alkyl halides is 3. The highest BCUT2D eigenvalue weighted by Crippen LogP contribution is 2.21. The molecule has 18 heavy (non-hydrogen) atoms. The first kappa shape index (κ1) is 15.1. The first-order valence-electron chi connectivity index (χ1n) is 5.42. The molecule has 1 amide bonds. The van der Waals surface area contributed by atoms with Crippen molar-refractivity contribution in [1.82, 2.24) is 9.47 Å². The molecule has 0 aliphatic heterocycles. The van der Waals surface area contributed by atoms with E-state index in [9.17, 15) is 18.0 Å². The third-order valence-corrected chi connectivity index (χ3v) is 2.93. The topological polar surface area (TPSA) is 25.2 Å². The average molecular weight is 327 g/mol. The summed E-state index contributed by atoms with van der Waals surface area (Å²) >= 11 is 3.24. The smallest absolute Gasteiger partial charge is 0.343 e. The van der Waals surface area contributed by atoms with Crippen LogP contribution in [0.25, 0.3) is 0 Å². The number of carbonyl (C=O) groups is 1. The number of nitrogens with zero attached hydrogens (tertiary/aromatic N) is 2. The summed E-state index contributed by atoms with van der Waals surface area (Å²) in [4.78, 5) is 13.1. The Labute approximate surface area is 112 Å². The van der Waals surface area contributed by atoms with Crippen molar-refractivity contribution in [3.05, 3.63) is 22.4 Å². The van der Waals surface area contributed by atoms with Crippen LogP contribution in [-0.4, -0.2) is 35.1 Å². The van der Waals surface area contributed by atoms with Crippen LogP contribution in [-0.2, 0) is 6.54 Å². The van der Waals surface area contributed by atoms with Gasteiger partial charge in [-0.15, -0.1) is 0 Å². The lowest BCUT2D eigenvalue weighted by Crippen LogP contribution is -2.31. The van der Waals surface area contributed by atoms with E-state index < -0.39 is 18.5 Å². The lowest BCUT2D eigenvalue weighted by molar-refractivity contribution is -0.136. The summed E-state index contributed by atoms with van der Waals surface area (Å²) < 4.78 is 38.7. The molecule has 1 aromatic rings. The Kier molecular flexibility index (Phi) is 4.84. The van der Waals surface area contributed by atoms with Crippen LogP contribution in [0.3, 0.4) is 0 Å². The van der Waals surface area contributed by atoms with Crippen molar-refractivity contribution in [3.63, 3.8) is 0 Å². The third-order valence-electron chi connectivity index (χ3n) is 2.50. The highest BCUT2D eigenvalue weighted by atomic mass is 79.9. The van der Waals surface area contributed by atoms with Crippen molar-refractivity contribution in [1.29, 1.82) is 0 Å². The summed E-state index contributed by atoms with van der Waals surface area (Å²) in [6, 6.07) is 1.61. The maximum absolute atomic E-state index is 12.1. The first-order chi connectivity index (χ1) is 8.24. The quantitative estimate of drug-likeness (QED) is 0.833. The van der Waals surface area contributed by atoms with Crippen molar-refractivity contribution < 1.29 is 18.0 Å². The largest absolute Gasteiger partial charge is 0.390 e. The van der Waals surface area contributed by atoms with Crippen LogP contribution < -0.4 is 0 Å². The fraction of sp³-hybridized carbons (Fsp3) is 0.545. The van der Waals surface area contributed by atoms with Crippen LogP contribution in [0.15, 0.2) is 16.7 Å². The minimum atomic E-state index is -4.25. The molecule has 1 rings (SSSR count). The second-order valence-electron chi connectivity index (χ2n) is 3.92. The summed E-state index contributed by atoms with van der Waals surface area (Å²) in [5, 5.41) is 0. The van der Waals surface area contributed by atoms with E-state index in [1.54, 1.807) is 16.8 Å². The van der Waals surface area contributed by atoms with Gasteiger partial charge in [0.05, 0.1) is 6.42 Å². The Hall–Kier alpha value is -0.980. The fourth-order valence-electron chi connectivity index (χ4n) is 1.51. The summed E-state index contributed by atoms with van der Waals surface area (Å²) in [5.74, 6) is -0.410. The van der Waals surface area contributed by atoms with Crippen molar-refractivity contribution in [2.45, 2.75) is 26.1 Å². The number of hydrogen-bond donors (Lipinski definition) is 0. The summed E-state index contributed by atoms with van der Waals surface area (Å²) in [6.45, 7) is 2.10. The van der Waals surface area contributed by atoms with Crippen LogP contribution in [0.5, 0.6) is 0 Å². The van der Waals surface area contributed by atoms with Gasteiger partial charge in [-0.1, -0.05) is 0 Å². The SMILES string of the molecule is CCn1cc(Br)cc1C(=O)N(C)CCC(F)(F)F. The van der Waals surface area contributed by atoms with E-state index in [0.29, 0.717) is 12.2 Å². The lowest BCUT2D eigenvalue weighted by atomic mass is 10.3. The lowest BCUT2D eigenvalue weighted by Gasteiger charge is -2.18. The zero-order valence-corrected chi connectivity index (χ0v) is 11.7. The van der Waals surface area contributed by atoms with Gasteiger partial charge in [-0.05, 0) is 28.9 Å². The second-order valence-corrected chi connectivity index (χ2v) is 4.84. The molecule has 0 saturated carbocycles.